The first-order valence-electron chi connectivity index (χ1n) is 9.34. The average molecular weight is 378 g/mol. The molecule has 1 aromatic heterocycles. The summed E-state index contributed by atoms with van der Waals surface area (Å²) < 4.78 is 17.2. The molecule has 1 N–H and O–H groups in total. The van der Waals surface area contributed by atoms with Gasteiger partial charge >= 0.3 is 0 Å². The van der Waals surface area contributed by atoms with Crippen LogP contribution in [-0.2, 0) is 13.2 Å². The molecule has 28 heavy (non-hydrogen) atoms. The summed E-state index contributed by atoms with van der Waals surface area (Å²) in [5, 5.41) is 3.39. The Morgan fingerprint density at radius 1 is 0.857 bits per heavy atom. The number of hydrogen-bond donors (Lipinski definition) is 1. The molecule has 0 aliphatic rings. The Morgan fingerprint density at radius 2 is 1.68 bits per heavy atom. The molecule has 0 atom stereocenters. The lowest BCUT2D eigenvalue weighted by Crippen LogP contribution is -2.20. The van der Waals surface area contributed by atoms with Gasteiger partial charge in [0.25, 0.3) is 0 Å². The van der Waals surface area contributed by atoms with Gasteiger partial charge in [0.2, 0.25) is 0 Å². The third kappa shape index (κ3) is 5.72. The number of aryl methyl sites for hydroxylation is 1. The number of pyridine rings is 1. The van der Waals surface area contributed by atoms with Crippen molar-refractivity contribution in [3.63, 3.8) is 0 Å². The fraction of sp³-hybridized carbons (Fsp3) is 0.261. The minimum Gasteiger partial charge on any atom is -0.493 e. The molecule has 0 spiro atoms. The highest BCUT2D eigenvalue weighted by Gasteiger charge is 2.06. The predicted molar refractivity (Wildman–Crippen MR) is 110 cm³/mol. The Hall–Kier alpha value is -3.05. The molecule has 0 aliphatic heterocycles. The van der Waals surface area contributed by atoms with E-state index in [2.05, 4.69) is 10.3 Å². The Balaban J connectivity index is 1.46. The van der Waals surface area contributed by atoms with Crippen LogP contribution in [0.4, 0.5) is 0 Å². The van der Waals surface area contributed by atoms with Crippen molar-refractivity contribution in [1.82, 2.24) is 10.3 Å². The maximum absolute atomic E-state index is 5.88. The fourth-order valence-corrected chi connectivity index (χ4v) is 2.77. The summed E-state index contributed by atoms with van der Waals surface area (Å²) >= 11 is 0. The van der Waals surface area contributed by atoms with Gasteiger partial charge in [0.15, 0.2) is 11.5 Å². The van der Waals surface area contributed by atoms with Crippen LogP contribution in [0, 0.1) is 6.92 Å². The average Bonchev–Trinajstić information content (AvgIpc) is 2.74. The van der Waals surface area contributed by atoms with E-state index in [0.29, 0.717) is 13.2 Å². The zero-order valence-electron chi connectivity index (χ0n) is 16.4. The number of para-hydroxylation sites is 1. The standard InChI is InChI=1S/C23H26N2O3/c1-18-5-3-4-6-21(18)27-14-13-25-16-20-7-8-22(23(15-20)26-2)28-17-19-9-11-24-12-10-19/h3-12,15,25H,13-14,16-17H2,1-2H3. The summed E-state index contributed by atoms with van der Waals surface area (Å²) in [4.78, 5) is 4.01. The second-order valence-corrected chi connectivity index (χ2v) is 6.42. The number of ether oxygens (including phenoxy) is 3. The molecule has 0 aliphatic carbocycles. The molecule has 146 valence electrons. The smallest absolute Gasteiger partial charge is 0.161 e. The molecular formula is C23H26N2O3. The molecule has 0 saturated carbocycles. The molecule has 0 fully saturated rings. The highest BCUT2D eigenvalue weighted by Crippen LogP contribution is 2.28. The Labute approximate surface area is 166 Å². The molecule has 3 rings (SSSR count). The number of aromatic nitrogens is 1. The molecule has 0 saturated heterocycles. The summed E-state index contributed by atoms with van der Waals surface area (Å²) in [6.45, 7) is 4.64. The quantitative estimate of drug-likeness (QED) is 0.537. The van der Waals surface area contributed by atoms with Crippen molar-refractivity contribution in [2.75, 3.05) is 20.3 Å². The van der Waals surface area contributed by atoms with Crippen molar-refractivity contribution in [2.45, 2.75) is 20.1 Å². The van der Waals surface area contributed by atoms with Crippen LogP contribution in [0.5, 0.6) is 17.2 Å². The maximum atomic E-state index is 5.88. The van der Waals surface area contributed by atoms with E-state index in [-0.39, 0.29) is 0 Å². The van der Waals surface area contributed by atoms with Gasteiger partial charge in [-0.15, -0.1) is 0 Å². The van der Waals surface area contributed by atoms with Crippen LogP contribution in [0.25, 0.3) is 0 Å². The van der Waals surface area contributed by atoms with E-state index < -0.39 is 0 Å². The minimum atomic E-state index is 0.479. The van der Waals surface area contributed by atoms with E-state index in [1.165, 1.54) is 0 Å². The second-order valence-electron chi connectivity index (χ2n) is 6.42. The third-order valence-corrected chi connectivity index (χ3v) is 4.33. The van der Waals surface area contributed by atoms with Crippen molar-refractivity contribution in [1.29, 1.82) is 0 Å². The van der Waals surface area contributed by atoms with Gasteiger partial charge in [-0.2, -0.15) is 0 Å². The van der Waals surface area contributed by atoms with Crippen molar-refractivity contribution in [2.24, 2.45) is 0 Å². The summed E-state index contributed by atoms with van der Waals surface area (Å²) in [5.74, 6) is 2.39. The summed E-state index contributed by atoms with van der Waals surface area (Å²) in [7, 11) is 1.65. The molecule has 0 bridgehead atoms. The normalized spacial score (nSPS) is 10.5. The van der Waals surface area contributed by atoms with Gasteiger partial charge in [-0.1, -0.05) is 24.3 Å². The lowest BCUT2D eigenvalue weighted by Gasteiger charge is -2.13. The third-order valence-electron chi connectivity index (χ3n) is 4.33. The second kappa shape index (κ2) is 10.3. The number of methoxy groups -OCH3 is 1. The van der Waals surface area contributed by atoms with Crippen molar-refractivity contribution in [3.8, 4) is 17.2 Å². The van der Waals surface area contributed by atoms with Gasteiger partial charge in [0, 0.05) is 25.5 Å². The number of nitrogens with zero attached hydrogens (tertiary/aromatic N) is 1. The number of benzene rings is 2. The van der Waals surface area contributed by atoms with Crippen LogP contribution in [-0.4, -0.2) is 25.2 Å². The van der Waals surface area contributed by atoms with Gasteiger partial charge < -0.3 is 19.5 Å². The van der Waals surface area contributed by atoms with E-state index in [9.17, 15) is 0 Å². The van der Waals surface area contributed by atoms with Gasteiger partial charge in [-0.3, -0.25) is 4.98 Å². The van der Waals surface area contributed by atoms with Crippen molar-refractivity contribution < 1.29 is 14.2 Å². The molecule has 5 heteroatoms. The monoisotopic (exact) mass is 378 g/mol. The zero-order valence-corrected chi connectivity index (χ0v) is 16.4. The minimum absolute atomic E-state index is 0.479. The largest absolute Gasteiger partial charge is 0.493 e. The topological polar surface area (TPSA) is 52.6 Å². The highest BCUT2D eigenvalue weighted by molar-refractivity contribution is 5.43. The van der Waals surface area contributed by atoms with E-state index in [1.54, 1.807) is 19.5 Å². The zero-order chi connectivity index (χ0) is 19.6. The summed E-state index contributed by atoms with van der Waals surface area (Å²) in [5.41, 5.74) is 3.34. The molecular weight excluding hydrogens is 352 g/mol. The van der Waals surface area contributed by atoms with Gasteiger partial charge in [0.05, 0.1) is 7.11 Å². The van der Waals surface area contributed by atoms with E-state index in [1.807, 2.05) is 61.5 Å². The van der Waals surface area contributed by atoms with Crippen LogP contribution in [0.15, 0.2) is 67.0 Å². The molecule has 5 nitrogen and oxygen atoms in total. The number of rotatable bonds is 10. The van der Waals surface area contributed by atoms with E-state index >= 15 is 0 Å². The highest BCUT2D eigenvalue weighted by atomic mass is 16.5. The fourth-order valence-electron chi connectivity index (χ4n) is 2.77. The predicted octanol–water partition coefficient (Wildman–Crippen LogP) is 4.15. The Kier molecular flexibility index (Phi) is 7.27. The molecule has 0 unspecified atom stereocenters. The lowest BCUT2D eigenvalue weighted by molar-refractivity contribution is 0.284. The molecule has 0 amide bonds. The molecule has 1 heterocycles. The number of nitrogens with one attached hydrogen (secondary N) is 1. The molecule has 2 aromatic carbocycles. The Morgan fingerprint density at radius 3 is 2.46 bits per heavy atom. The Bertz CT molecular complexity index is 869. The molecule has 3 aromatic rings. The first-order valence-corrected chi connectivity index (χ1v) is 9.34. The summed E-state index contributed by atoms with van der Waals surface area (Å²) in [6, 6.07) is 17.9. The number of hydrogen-bond acceptors (Lipinski definition) is 5. The van der Waals surface area contributed by atoms with E-state index in [4.69, 9.17) is 14.2 Å². The van der Waals surface area contributed by atoms with E-state index in [0.717, 1.165) is 47.0 Å². The van der Waals surface area contributed by atoms with Gasteiger partial charge in [-0.25, -0.2) is 0 Å². The van der Waals surface area contributed by atoms with Gasteiger partial charge in [0.1, 0.15) is 19.0 Å². The van der Waals surface area contributed by atoms with Crippen LogP contribution >= 0.6 is 0 Å². The van der Waals surface area contributed by atoms with Crippen LogP contribution in [0.2, 0.25) is 0 Å². The maximum Gasteiger partial charge on any atom is 0.161 e. The lowest BCUT2D eigenvalue weighted by atomic mass is 10.2. The van der Waals surface area contributed by atoms with Crippen LogP contribution in [0.3, 0.4) is 0 Å². The van der Waals surface area contributed by atoms with Gasteiger partial charge in [-0.05, 0) is 53.9 Å². The van der Waals surface area contributed by atoms with Crippen molar-refractivity contribution in [3.05, 3.63) is 83.7 Å². The first-order chi connectivity index (χ1) is 13.8. The summed E-state index contributed by atoms with van der Waals surface area (Å²) in [6.07, 6.45) is 3.51. The molecule has 0 radical (unpaired) electrons. The SMILES string of the molecule is COc1cc(CNCCOc2ccccc2C)ccc1OCc1ccncc1. The van der Waals surface area contributed by atoms with Crippen LogP contribution < -0.4 is 19.5 Å². The van der Waals surface area contributed by atoms with Crippen molar-refractivity contribution >= 4 is 0 Å². The van der Waals surface area contributed by atoms with Crippen LogP contribution in [0.1, 0.15) is 16.7 Å². The first kappa shape index (κ1) is 19.7.